The lowest BCUT2D eigenvalue weighted by Crippen LogP contribution is -2.28. The van der Waals surface area contributed by atoms with Crippen LogP contribution in [-0.4, -0.2) is 29.9 Å². The highest BCUT2D eigenvalue weighted by atomic mass is 32.2. The fraction of sp³-hybridized carbons (Fsp3) is 0.353. The van der Waals surface area contributed by atoms with E-state index in [0.29, 0.717) is 17.0 Å². The minimum atomic E-state index is -3.84. The number of aromatic nitrogens is 1. The van der Waals surface area contributed by atoms with E-state index in [-0.39, 0.29) is 5.71 Å². The average Bonchev–Trinajstić information content (AvgIpc) is 2.98. The monoisotopic (exact) mass is 361 g/mol. The molecule has 1 N–H and O–H groups in total. The first kappa shape index (κ1) is 17.3. The molecule has 0 radical (unpaired) electrons. The van der Waals surface area contributed by atoms with E-state index in [1.165, 1.54) is 0 Å². The highest BCUT2D eigenvalue weighted by Crippen LogP contribution is 2.33. The van der Waals surface area contributed by atoms with E-state index < -0.39 is 20.7 Å². The van der Waals surface area contributed by atoms with Crippen LogP contribution in [0.4, 0.5) is 5.69 Å². The van der Waals surface area contributed by atoms with Gasteiger partial charge in [0, 0.05) is 11.1 Å². The third kappa shape index (κ3) is 2.86. The second kappa shape index (κ2) is 5.52. The molecule has 0 aliphatic carbocycles. The van der Waals surface area contributed by atoms with Gasteiger partial charge in [-0.15, -0.1) is 0 Å². The first-order valence-electron chi connectivity index (χ1n) is 7.75. The Hall–Kier alpha value is -2.48. The van der Waals surface area contributed by atoms with Crippen molar-refractivity contribution in [3.63, 3.8) is 0 Å². The van der Waals surface area contributed by atoms with E-state index in [2.05, 4.69) is 14.9 Å². The Bertz CT molecular complexity index is 991. The Morgan fingerprint density at radius 1 is 1.20 bits per heavy atom. The number of nitrogens with zero attached hydrogens (tertiary/aromatic N) is 2. The number of carbonyl (C=O) groups excluding carboxylic acids is 1. The maximum Gasteiger partial charge on any atom is 0.275 e. The number of carbonyl (C=O) groups is 1. The number of hydrogen-bond acceptors (Lipinski definition) is 5. The molecule has 1 amide bonds. The van der Waals surface area contributed by atoms with Crippen molar-refractivity contribution in [3.8, 4) is 11.1 Å². The Balaban J connectivity index is 2.17. The van der Waals surface area contributed by atoms with Crippen LogP contribution in [0, 0.1) is 13.8 Å². The number of amides is 1. The predicted octanol–water partition coefficient (Wildman–Crippen LogP) is 2.83. The second-order valence-electron chi connectivity index (χ2n) is 6.94. The SMILES string of the molecule is Cc1noc(C)c1-c1ccc2c(c1)C(=NS(=O)(=O)C(C)(C)C)C(=O)N2. The number of sulfonamides is 1. The average molecular weight is 361 g/mol. The van der Waals surface area contributed by atoms with Crippen molar-refractivity contribution >= 4 is 27.3 Å². The number of aryl methyl sites for hydroxylation is 2. The topological polar surface area (TPSA) is 102 Å². The Morgan fingerprint density at radius 2 is 1.88 bits per heavy atom. The molecule has 1 aliphatic heterocycles. The van der Waals surface area contributed by atoms with Gasteiger partial charge in [0.2, 0.25) is 0 Å². The largest absolute Gasteiger partial charge is 0.361 e. The molecule has 1 aliphatic rings. The summed E-state index contributed by atoms with van der Waals surface area (Å²) >= 11 is 0. The lowest BCUT2D eigenvalue weighted by Gasteiger charge is -2.15. The summed E-state index contributed by atoms with van der Waals surface area (Å²) in [5, 5.41) is 6.58. The first-order valence-corrected chi connectivity index (χ1v) is 9.19. The van der Waals surface area contributed by atoms with Crippen LogP contribution in [0.1, 0.15) is 37.8 Å². The van der Waals surface area contributed by atoms with Gasteiger partial charge >= 0.3 is 0 Å². The predicted molar refractivity (Wildman–Crippen MR) is 95.3 cm³/mol. The fourth-order valence-electron chi connectivity index (χ4n) is 2.55. The molecule has 0 fully saturated rings. The van der Waals surface area contributed by atoms with Crippen LogP contribution in [0.5, 0.6) is 0 Å². The summed E-state index contributed by atoms with van der Waals surface area (Å²) in [6.07, 6.45) is 0. The summed E-state index contributed by atoms with van der Waals surface area (Å²) in [6.45, 7) is 8.24. The number of nitrogens with one attached hydrogen (secondary N) is 1. The normalized spacial score (nSPS) is 16.2. The lowest BCUT2D eigenvalue weighted by atomic mass is 10.00. The van der Waals surface area contributed by atoms with E-state index in [4.69, 9.17) is 4.52 Å². The molecule has 25 heavy (non-hydrogen) atoms. The molecule has 3 rings (SSSR count). The molecule has 0 saturated heterocycles. The molecular weight excluding hydrogens is 342 g/mol. The van der Waals surface area contributed by atoms with Gasteiger partial charge in [-0.05, 0) is 52.3 Å². The zero-order valence-electron chi connectivity index (χ0n) is 14.7. The quantitative estimate of drug-likeness (QED) is 0.886. The molecule has 2 heterocycles. The van der Waals surface area contributed by atoms with Crippen LogP contribution in [0.2, 0.25) is 0 Å². The Kier molecular flexibility index (Phi) is 3.83. The highest BCUT2D eigenvalue weighted by Gasteiger charge is 2.34. The fourth-order valence-corrected chi connectivity index (χ4v) is 3.25. The van der Waals surface area contributed by atoms with Gasteiger partial charge in [0.15, 0.2) is 5.71 Å². The standard InChI is InChI=1S/C17H19N3O4S/c1-9-14(10(2)24-19-9)11-6-7-13-12(8-11)15(16(21)18-13)20-25(22,23)17(3,4)5/h6-8H,1-5H3,(H,18,20,21). The summed E-state index contributed by atoms with van der Waals surface area (Å²) in [5.74, 6) is 0.120. The van der Waals surface area contributed by atoms with Crippen LogP contribution in [0.15, 0.2) is 27.1 Å². The zero-order chi connectivity index (χ0) is 18.6. The number of benzene rings is 1. The van der Waals surface area contributed by atoms with Crippen LogP contribution >= 0.6 is 0 Å². The van der Waals surface area contributed by atoms with Crippen LogP contribution in [0.25, 0.3) is 11.1 Å². The van der Waals surface area contributed by atoms with Crippen molar-refractivity contribution in [1.82, 2.24) is 5.16 Å². The molecule has 0 saturated carbocycles. The van der Waals surface area contributed by atoms with E-state index in [9.17, 15) is 13.2 Å². The molecule has 8 heteroatoms. The number of hydrogen-bond donors (Lipinski definition) is 1. The summed E-state index contributed by atoms with van der Waals surface area (Å²) in [5.41, 5.74) is 3.21. The van der Waals surface area contributed by atoms with Gasteiger partial charge in [-0.25, -0.2) is 8.42 Å². The highest BCUT2D eigenvalue weighted by molar-refractivity contribution is 7.91. The third-order valence-corrected chi connectivity index (χ3v) is 6.02. The van der Waals surface area contributed by atoms with Crippen LogP contribution < -0.4 is 5.32 Å². The summed E-state index contributed by atoms with van der Waals surface area (Å²) in [4.78, 5) is 12.2. The molecule has 0 unspecified atom stereocenters. The maximum atomic E-state index is 12.4. The van der Waals surface area contributed by atoms with Gasteiger partial charge in [-0.3, -0.25) is 4.79 Å². The third-order valence-electron chi connectivity index (χ3n) is 4.05. The number of rotatable bonds is 2. The molecule has 0 bridgehead atoms. The van der Waals surface area contributed by atoms with Gasteiger partial charge in [0.25, 0.3) is 15.9 Å². The lowest BCUT2D eigenvalue weighted by molar-refractivity contribution is -0.110. The molecule has 1 aromatic carbocycles. The van der Waals surface area contributed by atoms with Gasteiger partial charge in [-0.2, -0.15) is 4.40 Å². The zero-order valence-corrected chi connectivity index (χ0v) is 15.5. The van der Waals surface area contributed by atoms with E-state index in [1.54, 1.807) is 39.8 Å². The van der Waals surface area contributed by atoms with E-state index in [1.807, 2.05) is 13.0 Å². The van der Waals surface area contributed by atoms with Crippen LogP contribution in [-0.2, 0) is 14.8 Å². The first-order chi connectivity index (χ1) is 11.5. The van der Waals surface area contributed by atoms with E-state index in [0.717, 1.165) is 16.8 Å². The molecule has 1 aromatic heterocycles. The van der Waals surface area contributed by atoms with Gasteiger partial charge < -0.3 is 9.84 Å². The van der Waals surface area contributed by atoms with Crippen molar-refractivity contribution in [2.45, 2.75) is 39.4 Å². The van der Waals surface area contributed by atoms with Crippen molar-refractivity contribution in [2.24, 2.45) is 4.40 Å². The van der Waals surface area contributed by atoms with Gasteiger partial charge in [0.1, 0.15) is 5.76 Å². The van der Waals surface area contributed by atoms with Gasteiger partial charge in [0.05, 0.1) is 16.1 Å². The summed E-state index contributed by atoms with van der Waals surface area (Å²) < 4.78 is 32.7. The number of fused-ring (bicyclic) bond motifs is 1. The molecule has 0 spiro atoms. The molecular formula is C17H19N3O4S. The van der Waals surface area contributed by atoms with Crippen molar-refractivity contribution in [2.75, 3.05) is 5.32 Å². The smallest absolute Gasteiger partial charge is 0.275 e. The van der Waals surface area contributed by atoms with Crippen molar-refractivity contribution in [3.05, 3.63) is 35.2 Å². The summed E-state index contributed by atoms with van der Waals surface area (Å²) in [7, 11) is -3.84. The number of anilines is 1. The van der Waals surface area contributed by atoms with E-state index >= 15 is 0 Å². The molecule has 2 aromatic rings. The Morgan fingerprint density at radius 3 is 2.44 bits per heavy atom. The second-order valence-corrected chi connectivity index (χ2v) is 9.30. The molecule has 0 atom stereocenters. The van der Waals surface area contributed by atoms with Crippen molar-refractivity contribution < 1.29 is 17.7 Å². The molecule has 132 valence electrons. The Labute approximate surface area is 146 Å². The molecule has 7 nitrogen and oxygen atoms in total. The van der Waals surface area contributed by atoms with Crippen molar-refractivity contribution in [1.29, 1.82) is 0 Å². The van der Waals surface area contributed by atoms with Gasteiger partial charge in [-0.1, -0.05) is 11.2 Å². The van der Waals surface area contributed by atoms with Crippen LogP contribution in [0.3, 0.4) is 0 Å². The minimum Gasteiger partial charge on any atom is -0.361 e. The minimum absolute atomic E-state index is 0.0986. The maximum absolute atomic E-state index is 12.4. The summed E-state index contributed by atoms with van der Waals surface area (Å²) in [6, 6.07) is 5.28.